The molecule has 0 saturated carbocycles. The summed E-state index contributed by atoms with van der Waals surface area (Å²) in [6, 6.07) is 94.1. The highest BCUT2D eigenvalue weighted by Gasteiger charge is 2.47. The van der Waals surface area contributed by atoms with Crippen LogP contribution in [0.15, 0.2) is 259 Å². The summed E-state index contributed by atoms with van der Waals surface area (Å²) in [5, 5.41) is 4.51. The largest absolute Gasteiger partial charge is 0.455 e. The molecule has 11 aromatic carbocycles. The molecule has 0 amide bonds. The van der Waals surface area contributed by atoms with Gasteiger partial charge in [-0.3, -0.25) is 0 Å². The zero-order valence-electron chi connectivity index (χ0n) is 38.1. The standard InChI is InChI=1S/C67H45NO/c1-66(45-21-5-2-6-22-45)58-32-16-13-28-51(58)53-40-37-48(42-60(53)66)68(62-34-18-15-30-55(62)56-31-19-35-63-64(56)57-39-36-44-20-11-12-27-50(44)65(57)69-63)49-38-41-54-52-29-14-17-33-59(52)67(61(54)43-49,46-23-7-3-8-24-46)47-25-9-4-10-26-47/h2-43H,1H3. The number of rotatable bonds is 7. The van der Waals surface area contributed by atoms with Crippen LogP contribution >= 0.6 is 0 Å². The maximum Gasteiger partial charge on any atom is 0.143 e. The summed E-state index contributed by atoms with van der Waals surface area (Å²) in [6.07, 6.45) is 0. The van der Waals surface area contributed by atoms with E-state index >= 15 is 0 Å². The average molecular weight is 880 g/mol. The zero-order valence-corrected chi connectivity index (χ0v) is 38.1. The van der Waals surface area contributed by atoms with E-state index in [0.717, 1.165) is 55.5 Å². The first-order valence-electron chi connectivity index (χ1n) is 24.0. The van der Waals surface area contributed by atoms with Crippen LogP contribution in [0.25, 0.3) is 66.1 Å². The lowest BCUT2D eigenvalue weighted by Crippen LogP contribution is -2.28. The molecule has 0 spiro atoms. The number of hydrogen-bond acceptors (Lipinski definition) is 2. The first-order chi connectivity index (χ1) is 34.1. The molecule has 12 aromatic rings. The number of para-hydroxylation sites is 1. The Morgan fingerprint density at radius 3 is 1.58 bits per heavy atom. The maximum absolute atomic E-state index is 6.82. The van der Waals surface area contributed by atoms with Crippen molar-refractivity contribution in [1.29, 1.82) is 0 Å². The van der Waals surface area contributed by atoms with Crippen molar-refractivity contribution in [2.24, 2.45) is 0 Å². The van der Waals surface area contributed by atoms with Gasteiger partial charge < -0.3 is 9.32 Å². The van der Waals surface area contributed by atoms with Crippen LogP contribution in [0.1, 0.15) is 45.9 Å². The van der Waals surface area contributed by atoms with Crippen molar-refractivity contribution in [2.75, 3.05) is 4.90 Å². The minimum atomic E-state index is -0.564. The van der Waals surface area contributed by atoms with Crippen molar-refractivity contribution < 1.29 is 4.42 Å². The third kappa shape index (κ3) is 5.61. The van der Waals surface area contributed by atoms with Crippen molar-refractivity contribution in [3.63, 3.8) is 0 Å². The van der Waals surface area contributed by atoms with Crippen molar-refractivity contribution in [3.05, 3.63) is 294 Å². The Bertz CT molecular complexity index is 3940. The Labute approximate surface area is 402 Å². The number of fused-ring (bicyclic) bond motifs is 11. The predicted octanol–water partition coefficient (Wildman–Crippen LogP) is 17.6. The fourth-order valence-corrected chi connectivity index (χ4v) is 12.4. The Balaban J connectivity index is 1.06. The molecule has 0 N–H and O–H groups in total. The first-order valence-corrected chi connectivity index (χ1v) is 24.0. The molecule has 2 aliphatic carbocycles. The molecule has 14 rings (SSSR count). The quantitative estimate of drug-likeness (QED) is 0.159. The Hall–Kier alpha value is -8.72. The first kappa shape index (κ1) is 39.4. The molecule has 1 atom stereocenters. The van der Waals surface area contributed by atoms with Gasteiger partial charge in [0.15, 0.2) is 0 Å². The zero-order chi connectivity index (χ0) is 45.7. The van der Waals surface area contributed by atoms with Crippen LogP contribution in [-0.2, 0) is 10.8 Å². The average Bonchev–Trinajstić information content (AvgIpc) is 4.04. The number of benzene rings is 11. The van der Waals surface area contributed by atoms with E-state index in [1.165, 1.54) is 66.6 Å². The second kappa shape index (κ2) is 15.2. The lowest BCUT2D eigenvalue weighted by Gasteiger charge is -2.35. The molecule has 2 heteroatoms. The summed E-state index contributed by atoms with van der Waals surface area (Å²) in [5.41, 5.74) is 20.3. The van der Waals surface area contributed by atoms with Gasteiger partial charge in [0.1, 0.15) is 11.2 Å². The molecular formula is C67H45NO. The lowest BCUT2D eigenvalue weighted by molar-refractivity contribution is 0.673. The van der Waals surface area contributed by atoms with Crippen LogP contribution in [0.5, 0.6) is 0 Å². The van der Waals surface area contributed by atoms with Gasteiger partial charge in [-0.2, -0.15) is 0 Å². The van der Waals surface area contributed by atoms with E-state index in [0.29, 0.717) is 0 Å². The molecule has 1 unspecified atom stereocenters. The van der Waals surface area contributed by atoms with Crippen molar-refractivity contribution in [2.45, 2.75) is 17.8 Å². The number of furan rings is 1. The molecule has 2 aliphatic rings. The van der Waals surface area contributed by atoms with E-state index < -0.39 is 5.41 Å². The molecule has 0 fully saturated rings. The minimum Gasteiger partial charge on any atom is -0.455 e. The molecule has 1 heterocycles. The van der Waals surface area contributed by atoms with Crippen LogP contribution in [0.2, 0.25) is 0 Å². The molecule has 0 saturated heterocycles. The summed E-state index contributed by atoms with van der Waals surface area (Å²) in [6.45, 7) is 2.41. The highest BCUT2D eigenvalue weighted by molar-refractivity contribution is 6.19. The molecule has 69 heavy (non-hydrogen) atoms. The summed E-state index contributed by atoms with van der Waals surface area (Å²) < 4.78 is 6.82. The van der Waals surface area contributed by atoms with Gasteiger partial charge in [0.25, 0.3) is 0 Å². The highest BCUT2D eigenvalue weighted by Crippen LogP contribution is 2.59. The van der Waals surface area contributed by atoms with Crippen LogP contribution < -0.4 is 4.90 Å². The molecule has 0 aliphatic heterocycles. The SMILES string of the molecule is CC1(c2ccccc2)c2ccccc2-c2ccc(N(c3ccc4c(c3)C(c3ccccc3)(c3ccccc3)c3ccccc3-4)c3ccccc3-c3cccc4oc5c6ccccc6ccc5c34)cc21. The van der Waals surface area contributed by atoms with Crippen molar-refractivity contribution in [3.8, 4) is 33.4 Å². The van der Waals surface area contributed by atoms with E-state index in [1.807, 2.05) is 0 Å². The fraction of sp³-hybridized carbons (Fsp3) is 0.0448. The van der Waals surface area contributed by atoms with Crippen LogP contribution in [0, 0.1) is 0 Å². The maximum atomic E-state index is 6.82. The van der Waals surface area contributed by atoms with Crippen molar-refractivity contribution in [1.82, 2.24) is 0 Å². The third-order valence-corrected chi connectivity index (χ3v) is 15.4. The minimum absolute atomic E-state index is 0.381. The van der Waals surface area contributed by atoms with Gasteiger partial charge in [0, 0.05) is 38.5 Å². The Kier molecular flexibility index (Phi) is 8.66. The molecule has 0 radical (unpaired) electrons. The van der Waals surface area contributed by atoms with Crippen LogP contribution in [-0.4, -0.2) is 0 Å². The predicted molar refractivity (Wildman–Crippen MR) is 286 cm³/mol. The summed E-state index contributed by atoms with van der Waals surface area (Å²) >= 11 is 0. The summed E-state index contributed by atoms with van der Waals surface area (Å²) in [7, 11) is 0. The molecule has 1 aromatic heterocycles. The van der Waals surface area contributed by atoms with Gasteiger partial charge in [-0.05, 0) is 122 Å². The Morgan fingerprint density at radius 2 is 0.870 bits per heavy atom. The monoisotopic (exact) mass is 879 g/mol. The summed E-state index contributed by atoms with van der Waals surface area (Å²) in [4.78, 5) is 2.52. The highest BCUT2D eigenvalue weighted by atomic mass is 16.3. The van der Waals surface area contributed by atoms with Gasteiger partial charge in [-0.15, -0.1) is 0 Å². The van der Waals surface area contributed by atoms with Gasteiger partial charge in [0.2, 0.25) is 0 Å². The van der Waals surface area contributed by atoms with E-state index in [1.54, 1.807) is 0 Å². The van der Waals surface area contributed by atoms with Gasteiger partial charge in [-0.1, -0.05) is 212 Å². The topological polar surface area (TPSA) is 16.4 Å². The fourth-order valence-electron chi connectivity index (χ4n) is 12.4. The van der Waals surface area contributed by atoms with E-state index in [-0.39, 0.29) is 5.41 Å². The molecule has 324 valence electrons. The molecular weight excluding hydrogens is 835 g/mol. The van der Waals surface area contributed by atoms with Crippen molar-refractivity contribution >= 4 is 49.8 Å². The number of hydrogen-bond donors (Lipinski definition) is 0. The van der Waals surface area contributed by atoms with Gasteiger partial charge in [0.05, 0.1) is 11.1 Å². The number of nitrogens with zero attached hydrogens (tertiary/aromatic N) is 1. The van der Waals surface area contributed by atoms with E-state index in [4.69, 9.17) is 4.42 Å². The second-order valence-corrected chi connectivity index (χ2v) is 18.8. The second-order valence-electron chi connectivity index (χ2n) is 18.8. The molecule has 0 bridgehead atoms. The van der Waals surface area contributed by atoms with Gasteiger partial charge >= 0.3 is 0 Å². The third-order valence-electron chi connectivity index (χ3n) is 15.4. The smallest absolute Gasteiger partial charge is 0.143 e. The van der Waals surface area contributed by atoms with Crippen LogP contribution in [0.3, 0.4) is 0 Å². The van der Waals surface area contributed by atoms with Crippen LogP contribution in [0.4, 0.5) is 17.1 Å². The Morgan fingerprint density at radius 1 is 0.348 bits per heavy atom. The number of anilines is 3. The van der Waals surface area contributed by atoms with Gasteiger partial charge in [-0.25, -0.2) is 0 Å². The van der Waals surface area contributed by atoms with E-state index in [9.17, 15) is 0 Å². The molecule has 2 nitrogen and oxygen atoms in total. The lowest BCUT2D eigenvalue weighted by atomic mass is 9.67. The normalized spacial score (nSPS) is 15.2. The summed E-state index contributed by atoms with van der Waals surface area (Å²) in [5.74, 6) is 0. The van der Waals surface area contributed by atoms with E-state index in [2.05, 4.69) is 267 Å².